The molecule has 0 amide bonds. The molecular weight excluding hydrogens is 318 g/mol. The number of para-hydroxylation sites is 1. The summed E-state index contributed by atoms with van der Waals surface area (Å²) in [7, 11) is -3.32. The molecule has 0 N–H and O–H groups in total. The van der Waals surface area contributed by atoms with Crippen molar-refractivity contribution in [1.29, 1.82) is 0 Å². The summed E-state index contributed by atoms with van der Waals surface area (Å²) in [6, 6.07) is 11.6. The van der Waals surface area contributed by atoms with Gasteiger partial charge in [-0.25, -0.2) is 8.42 Å². The highest BCUT2D eigenvalue weighted by molar-refractivity contribution is 7.90. The van der Waals surface area contributed by atoms with Crippen LogP contribution in [0.3, 0.4) is 0 Å². The number of nitro groups is 1. The highest BCUT2D eigenvalue weighted by Gasteiger charge is 2.11. The molecule has 0 atom stereocenters. The van der Waals surface area contributed by atoms with E-state index in [2.05, 4.69) is 0 Å². The second kappa shape index (κ2) is 6.53. The van der Waals surface area contributed by atoms with Gasteiger partial charge in [0.15, 0.2) is 15.6 Å². The lowest BCUT2D eigenvalue weighted by molar-refractivity contribution is -0.385. The first-order valence-corrected chi connectivity index (χ1v) is 8.44. The fraction of sp³-hybridized carbons (Fsp3) is 0.0625. The Morgan fingerprint density at radius 1 is 1.09 bits per heavy atom. The summed E-state index contributed by atoms with van der Waals surface area (Å²) < 4.78 is 22.7. The van der Waals surface area contributed by atoms with Crippen LogP contribution in [-0.4, -0.2) is 25.4 Å². The molecule has 23 heavy (non-hydrogen) atoms. The third-order valence-corrected chi connectivity index (χ3v) is 4.24. The normalized spacial score (nSPS) is 11.5. The van der Waals surface area contributed by atoms with Gasteiger partial charge in [0, 0.05) is 17.9 Å². The second-order valence-electron chi connectivity index (χ2n) is 4.81. The number of nitrogens with zero attached hydrogens (tertiary/aromatic N) is 1. The quantitative estimate of drug-likeness (QED) is 0.363. The van der Waals surface area contributed by atoms with Crippen molar-refractivity contribution in [3.05, 3.63) is 75.8 Å². The molecule has 0 unspecified atom stereocenters. The van der Waals surface area contributed by atoms with E-state index in [1.807, 2.05) is 0 Å². The number of ketones is 1. The summed E-state index contributed by atoms with van der Waals surface area (Å²) in [5.74, 6) is -0.372. The molecule has 6 nitrogen and oxygen atoms in total. The Balaban J connectivity index is 2.24. The van der Waals surface area contributed by atoms with Gasteiger partial charge in [-0.3, -0.25) is 14.9 Å². The first kappa shape index (κ1) is 16.6. The Morgan fingerprint density at radius 3 is 2.26 bits per heavy atom. The number of carbonyl (C=O) groups is 1. The third kappa shape index (κ3) is 4.10. The van der Waals surface area contributed by atoms with E-state index in [9.17, 15) is 23.3 Å². The molecule has 0 aromatic heterocycles. The van der Waals surface area contributed by atoms with Gasteiger partial charge >= 0.3 is 0 Å². The van der Waals surface area contributed by atoms with E-state index in [-0.39, 0.29) is 16.4 Å². The Bertz CT molecular complexity index is 883. The lowest BCUT2D eigenvalue weighted by atomic mass is 10.1. The number of benzene rings is 2. The van der Waals surface area contributed by atoms with E-state index < -0.39 is 14.8 Å². The molecule has 0 spiro atoms. The predicted octanol–water partition coefficient (Wildman–Crippen LogP) is 2.89. The van der Waals surface area contributed by atoms with Crippen LogP contribution in [-0.2, 0) is 9.84 Å². The molecule has 0 saturated carbocycles. The van der Waals surface area contributed by atoms with Gasteiger partial charge in [0.25, 0.3) is 5.69 Å². The van der Waals surface area contributed by atoms with Crippen LogP contribution in [0.25, 0.3) is 6.08 Å². The van der Waals surface area contributed by atoms with Gasteiger partial charge in [0.2, 0.25) is 0 Å². The average molecular weight is 331 g/mol. The number of hydrogen-bond donors (Lipinski definition) is 0. The molecule has 0 radical (unpaired) electrons. The van der Waals surface area contributed by atoms with E-state index in [0.29, 0.717) is 11.1 Å². The zero-order chi connectivity index (χ0) is 17.0. The zero-order valence-corrected chi connectivity index (χ0v) is 13.0. The van der Waals surface area contributed by atoms with Gasteiger partial charge in [0.05, 0.1) is 15.4 Å². The van der Waals surface area contributed by atoms with Crippen molar-refractivity contribution in [2.75, 3.05) is 6.26 Å². The molecule has 7 heteroatoms. The van der Waals surface area contributed by atoms with Crippen LogP contribution in [0, 0.1) is 10.1 Å². The monoisotopic (exact) mass is 331 g/mol. The molecule has 0 aliphatic heterocycles. The Morgan fingerprint density at radius 2 is 1.70 bits per heavy atom. The van der Waals surface area contributed by atoms with Gasteiger partial charge < -0.3 is 0 Å². The van der Waals surface area contributed by atoms with E-state index in [0.717, 1.165) is 6.26 Å². The lowest BCUT2D eigenvalue weighted by Gasteiger charge is -2.00. The zero-order valence-electron chi connectivity index (χ0n) is 12.2. The standard InChI is InChI=1S/C16H13NO5S/c1-23(21,22)14-9-6-13(7-10-14)16(18)11-8-12-4-2-3-5-15(12)17(19)20/h2-11H,1H3/b11-8+. The molecular formula is C16H13NO5S. The maximum absolute atomic E-state index is 12.1. The highest BCUT2D eigenvalue weighted by Crippen LogP contribution is 2.19. The number of rotatable bonds is 5. The smallest absolute Gasteiger partial charge is 0.276 e. The van der Waals surface area contributed by atoms with Crippen LogP contribution >= 0.6 is 0 Å². The van der Waals surface area contributed by atoms with E-state index in [1.165, 1.54) is 48.6 Å². The molecule has 0 heterocycles. The molecule has 0 aliphatic carbocycles. The summed E-state index contributed by atoms with van der Waals surface area (Å²) >= 11 is 0. The van der Waals surface area contributed by atoms with Crippen LogP contribution in [0.4, 0.5) is 5.69 Å². The first-order valence-electron chi connectivity index (χ1n) is 6.55. The fourth-order valence-electron chi connectivity index (χ4n) is 1.92. The minimum atomic E-state index is -3.32. The van der Waals surface area contributed by atoms with E-state index >= 15 is 0 Å². The predicted molar refractivity (Wildman–Crippen MR) is 86.0 cm³/mol. The highest BCUT2D eigenvalue weighted by atomic mass is 32.2. The van der Waals surface area contributed by atoms with Crippen molar-refractivity contribution < 1.29 is 18.1 Å². The van der Waals surface area contributed by atoms with Crippen LogP contribution in [0.2, 0.25) is 0 Å². The van der Waals surface area contributed by atoms with Crippen LogP contribution in [0.15, 0.2) is 59.5 Å². The van der Waals surface area contributed by atoms with Crippen LogP contribution < -0.4 is 0 Å². The average Bonchev–Trinajstić information content (AvgIpc) is 2.52. The third-order valence-electron chi connectivity index (χ3n) is 3.11. The lowest BCUT2D eigenvalue weighted by Crippen LogP contribution is -1.99. The molecule has 0 bridgehead atoms. The Labute approximate surface area is 133 Å². The maximum atomic E-state index is 12.1. The number of allylic oxidation sites excluding steroid dienone is 1. The fourth-order valence-corrected chi connectivity index (χ4v) is 2.55. The minimum Gasteiger partial charge on any atom is -0.289 e. The van der Waals surface area contributed by atoms with Gasteiger partial charge in [-0.2, -0.15) is 0 Å². The van der Waals surface area contributed by atoms with Crippen molar-refractivity contribution in [3.8, 4) is 0 Å². The molecule has 118 valence electrons. The van der Waals surface area contributed by atoms with E-state index in [1.54, 1.807) is 12.1 Å². The molecule has 0 aliphatic rings. The maximum Gasteiger partial charge on any atom is 0.276 e. The molecule has 0 fully saturated rings. The Hall–Kier alpha value is -2.80. The van der Waals surface area contributed by atoms with Gasteiger partial charge in [-0.15, -0.1) is 0 Å². The van der Waals surface area contributed by atoms with Crippen LogP contribution in [0.5, 0.6) is 0 Å². The first-order chi connectivity index (χ1) is 10.8. The molecule has 2 aromatic rings. The summed E-state index contributed by atoms with van der Waals surface area (Å²) in [4.78, 5) is 22.6. The number of nitro benzene ring substituents is 1. The second-order valence-corrected chi connectivity index (χ2v) is 6.83. The van der Waals surface area contributed by atoms with Crippen LogP contribution in [0.1, 0.15) is 15.9 Å². The number of carbonyl (C=O) groups excluding carboxylic acids is 1. The van der Waals surface area contributed by atoms with Crippen molar-refractivity contribution in [3.63, 3.8) is 0 Å². The number of hydrogen-bond acceptors (Lipinski definition) is 5. The summed E-state index contributed by atoms with van der Waals surface area (Å²) in [5.41, 5.74) is 0.523. The SMILES string of the molecule is CS(=O)(=O)c1ccc(C(=O)/C=C/c2ccccc2[N+](=O)[O-])cc1. The summed E-state index contributed by atoms with van der Waals surface area (Å²) in [6.07, 6.45) is 3.67. The van der Waals surface area contributed by atoms with Crippen molar-refractivity contribution in [2.45, 2.75) is 4.90 Å². The topological polar surface area (TPSA) is 94.3 Å². The van der Waals surface area contributed by atoms with Gasteiger partial charge in [0.1, 0.15) is 0 Å². The van der Waals surface area contributed by atoms with Crippen molar-refractivity contribution in [1.82, 2.24) is 0 Å². The Kier molecular flexibility index (Phi) is 4.71. The van der Waals surface area contributed by atoms with Gasteiger partial charge in [-0.05, 0) is 42.5 Å². The summed E-state index contributed by atoms with van der Waals surface area (Å²) in [6.45, 7) is 0. The van der Waals surface area contributed by atoms with E-state index in [4.69, 9.17) is 0 Å². The largest absolute Gasteiger partial charge is 0.289 e. The molecule has 2 rings (SSSR count). The molecule has 2 aromatic carbocycles. The minimum absolute atomic E-state index is 0.0935. The van der Waals surface area contributed by atoms with Crippen molar-refractivity contribution in [2.24, 2.45) is 0 Å². The van der Waals surface area contributed by atoms with Crippen molar-refractivity contribution >= 4 is 27.4 Å². The number of sulfone groups is 1. The molecule has 0 saturated heterocycles. The summed E-state index contributed by atoms with van der Waals surface area (Å²) in [5, 5.41) is 10.9. The van der Waals surface area contributed by atoms with Gasteiger partial charge in [-0.1, -0.05) is 12.1 Å².